The van der Waals surface area contributed by atoms with E-state index in [1.807, 2.05) is 24.3 Å². The lowest BCUT2D eigenvalue weighted by Gasteiger charge is -2.51. The summed E-state index contributed by atoms with van der Waals surface area (Å²) in [6.45, 7) is 0.228. The highest BCUT2D eigenvalue weighted by molar-refractivity contribution is 5.79. The molecule has 0 aromatic heterocycles. The van der Waals surface area contributed by atoms with Crippen molar-refractivity contribution in [3.05, 3.63) is 95.1 Å². The van der Waals surface area contributed by atoms with Crippen molar-refractivity contribution in [2.24, 2.45) is 0 Å². The van der Waals surface area contributed by atoms with Gasteiger partial charge in [0.15, 0.2) is 0 Å². The van der Waals surface area contributed by atoms with Crippen LogP contribution in [0.4, 0.5) is 18.0 Å². The fraction of sp³-hybridized carbons (Fsp3) is 0.367. The molecule has 3 aromatic rings. The first-order valence-corrected chi connectivity index (χ1v) is 12.8. The molecule has 4 nitrogen and oxygen atoms in total. The number of halogens is 3. The molecule has 3 aromatic carbocycles. The number of aliphatic hydroxyl groups is 1. The van der Waals surface area contributed by atoms with Crippen LogP contribution in [0.3, 0.4) is 0 Å². The largest absolute Gasteiger partial charge is 0.448 e. The number of hydrogen-bond donors (Lipinski definition) is 1. The lowest BCUT2D eigenvalue weighted by molar-refractivity contribution is -0.137. The van der Waals surface area contributed by atoms with Gasteiger partial charge in [0, 0.05) is 30.8 Å². The Labute approximate surface area is 213 Å². The van der Waals surface area contributed by atoms with Crippen LogP contribution in [0.2, 0.25) is 0 Å². The van der Waals surface area contributed by atoms with Gasteiger partial charge in [-0.3, -0.25) is 0 Å². The van der Waals surface area contributed by atoms with E-state index in [1.165, 1.54) is 12.1 Å². The van der Waals surface area contributed by atoms with Gasteiger partial charge in [-0.1, -0.05) is 60.7 Å². The number of ether oxygens (including phenoxy) is 1. The van der Waals surface area contributed by atoms with Gasteiger partial charge < -0.3 is 14.7 Å². The smallest absolute Gasteiger partial charge is 0.416 e. The number of carbonyl (C=O) groups is 1. The van der Waals surface area contributed by atoms with Gasteiger partial charge in [0.1, 0.15) is 6.61 Å². The Morgan fingerprint density at radius 3 is 1.97 bits per heavy atom. The van der Waals surface area contributed by atoms with E-state index >= 15 is 0 Å². The van der Waals surface area contributed by atoms with Gasteiger partial charge in [-0.15, -0.1) is 0 Å². The van der Waals surface area contributed by atoms with Crippen molar-refractivity contribution in [3.63, 3.8) is 0 Å². The first-order chi connectivity index (χ1) is 17.7. The molecule has 2 saturated heterocycles. The highest BCUT2D eigenvalue weighted by atomic mass is 19.4. The number of piperidine rings is 2. The Balaban J connectivity index is 1.18. The molecule has 7 heteroatoms. The van der Waals surface area contributed by atoms with Crippen molar-refractivity contribution in [1.82, 2.24) is 4.90 Å². The molecule has 2 heterocycles. The van der Waals surface area contributed by atoms with Crippen LogP contribution in [0.1, 0.15) is 60.3 Å². The molecule has 2 atom stereocenters. The van der Waals surface area contributed by atoms with Crippen LogP contribution in [0.5, 0.6) is 0 Å². The molecule has 6 rings (SSSR count). The van der Waals surface area contributed by atoms with Crippen LogP contribution in [-0.2, 0) is 16.5 Å². The standard InChI is InChI=1S/C30H28F3NO3/c31-30(32,33)20-14-12-19(13-15-20)29(36)16-21-6-5-7-22(17-29)34(21)28(35)37-18-27-25-10-3-1-8-23(25)24-9-2-4-11-26(24)27/h1-4,8-15,21-22,27,36H,5-7,16-18H2. The molecule has 1 amide bonds. The SMILES string of the molecule is O=C(OCC1c2ccccc2-c2ccccc21)N1C2CCCC1CC(O)(c1ccc(C(F)(F)F)cc1)C2. The number of rotatable bonds is 3. The predicted molar refractivity (Wildman–Crippen MR) is 133 cm³/mol. The molecule has 0 saturated carbocycles. The maximum absolute atomic E-state index is 13.4. The minimum absolute atomic E-state index is 0.0370. The molecule has 1 aliphatic carbocycles. The van der Waals surface area contributed by atoms with Crippen molar-refractivity contribution in [3.8, 4) is 11.1 Å². The number of carbonyl (C=O) groups excluding carboxylic acids is 1. The monoisotopic (exact) mass is 507 g/mol. The summed E-state index contributed by atoms with van der Waals surface area (Å²) < 4.78 is 45.0. The summed E-state index contributed by atoms with van der Waals surface area (Å²) in [5.41, 5.74) is 3.06. The zero-order valence-electron chi connectivity index (χ0n) is 20.2. The fourth-order valence-electron chi connectivity index (χ4n) is 6.60. The molecule has 0 spiro atoms. The average Bonchev–Trinajstić information content (AvgIpc) is 3.20. The van der Waals surface area contributed by atoms with E-state index in [0.29, 0.717) is 5.56 Å². The quantitative estimate of drug-likeness (QED) is 0.421. The lowest BCUT2D eigenvalue weighted by Crippen LogP contribution is -2.59. The third kappa shape index (κ3) is 4.19. The Kier molecular flexibility index (Phi) is 5.79. The fourth-order valence-corrected chi connectivity index (χ4v) is 6.60. The molecule has 0 radical (unpaired) electrons. The Hall–Kier alpha value is -3.32. The van der Waals surface area contributed by atoms with Gasteiger partial charge in [-0.25, -0.2) is 4.79 Å². The Morgan fingerprint density at radius 1 is 0.892 bits per heavy atom. The number of hydrogen-bond acceptors (Lipinski definition) is 3. The van der Waals surface area contributed by atoms with E-state index in [2.05, 4.69) is 24.3 Å². The second kappa shape index (κ2) is 8.91. The first-order valence-electron chi connectivity index (χ1n) is 12.8. The van der Waals surface area contributed by atoms with Crippen LogP contribution in [0.15, 0.2) is 72.8 Å². The number of fused-ring (bicyclic) bond motifs is 5. The second-order valence-corrected chi connectivity index (χ2v) is 10.5. The van der Waals surface area contributed by atoms with E-state index in [9.17, 15) is 23.1 Å². The van der Waals surface area contributed by atoms with Crippen molar-refractivity contribution >= 4 is 6.09 Å². The summed E-state index contributed by atoms with van der Waals surface area (Å²) in [6, 6.07) is 20.7. The molecule has 192 valence electrons. The third-order valence-corrected chi connectivity index (χ3v) is 8.30. The van der Waals surface area contributed by atoms with E-state index in [0.717, 1.165) is 53.6 Å². The summed E-state index contributed by atoms with van der Waals surface area (Å²) in [6.07, 6.45) is -1.87. The maximum atomic E-state index is 13.4. The zero-order valence-corrected chi connectivity index (χ0v) is 20.2. The number of amides is 1. The molecule has 1 N–H and O–H groups in total. The average molecular weight is 508 g/mol. The van der Waals surface area contributed by atoms with Gasteiger partial charge in [0.2, 0.25) is 0 Å². The first kappa shape index (κ1) is 24.0. The van der Waals surface area contributed by atoms with Crippen molar-refractivity contribution in [2.75, 3.05) is 6.61 Å². The Morgan fingerprint density at radius 2 is 1.43 bits per heavy atom. The highest BCUT2D eigenvalue weighted by Crippen LogP contribution is 2.47. The van der Waals surface area contributed by atoms with Gasteiger partial charge in [0.05, 0.1) is 11.2 Å². The second-order valence-electron chi connectivity index (χ2n) is 10.5. The van der Waals surface area contributed by atoms with Crippen LogP contribution in [0.25, 0.3) is 11.1 Å². The lowest BCUT2D eigenvalue weighted by atomic mass is 9.72. The number of benzene rings is 3. The van der Waals surface area contributed by atoms with E-state index < -0.39 is 17.3 Å². The third-order valence-electron chi connectivity index (χ3n) is 8.30. The summed E-state index contributed by atoms with van der Waals surface area (Å²) >= 11 is 0. The summed E-state index contributed by atoms with van der Waals surface area (Å²) in [5, 5.41) is 11.5. The van der Waals surface area contributed by atoms with Gasteiger partial charge in [-0.2, -0.15) is 13.2 Å². The summed E-state index contributed by atoms with van der Waals surface area (Å²) in [5.74, 6) is -0.0370. The van der Waals surface area contributed by atoms with Gasteiger partial charge in [-0.05, 0) is 59.2 Å². The van der Waals surface area contributed by atoms with Gasteiger partial charge in [0.25, 0.3) is 0 Å². The zero-order chi connectivity index (χ0) is 25.8. The minimum Gasteiger partial charge on any atom is -0.448 e. The minimum atomic E-state index is -4.43. The van der Waals surface area contributed by atoms with Crippen molar-refractivity contribution in [2.45, 2.75) is 61.9 Å². The number of nitrogens with zero attached hydrogens (tertiary/aromatic N) is 1. The van der Waals surface area contributed by atoms with Crippen LogP contribution in [-0.4, -0.2) is 34.8 Å². The molecule has 2 aliphatic heterocycles. The number of alkyl halides is 3. The Bertz CT molecular complexity index is 1260. The van der Waals surface area contributed by atoms with Crippen LogP contribution >= 0.6 is 0 Å². The van der Waals surface area contributed by atoms with E-state index in [4.69, 9.17) is 4.74 Å². The van der Waals surface area contributed by atoms with E-state index in [-0.39, 0.29) is 43.5 Å². The summed E-state index contributed by atoms with van der Waals surface area (Å²) in [4.78, 5) is 15.2. The summed E-state index contributed by atoms with van der Waals surface area (Å²) in [7, 11) is 0. The molecule has 2 bridgehead atoms. The molecule has 3 aliphatic rings. The molecule has 37 heavy (non-hydrogen) atoms. The van der Waals surface area contributed by atoms with Crippen molar-refractivity contribution in [1.29, 1.82) is 0 Å². The molecule has 2 fully saturated rings. The topological polar surface area (TPSA) is 49.8 Å². The molecule has 2 unspecified atom stereocenters. The van der Waals surface area contributed by atoms with Gasteiger partial charge >= 0.3 is 12.3 Å². The predicted octanol–water partition coefficient (Wildman–Crippen LogP) is 6.86. The molecular weight excluding hydrogens is 479 g/mol. The van der Waals surface area contributed by atoms with Crippen LogP contribution < -0.4 is 0 Å². The normalized spacial score (nSPS) is 24.9. The maximum Gasteiger partial charge on any atom is 0.416 e. The highest BCUT2D eigenvalue weighted by Gasteiger charge is 2.49. The molecular formula is C30H28F3NO3. The van der Waals surface area contributed by atoms with Crippen molar-refractivity contribution < 1.29 is 27.8 Å². The van der Waals surface area contributed by atoms with E-state index in [1.54, 1.807) is 4.90 Å². The van der Waals surface area contributed by atoms with Crippen LogP contribution in [0, 0.1) is 0 Å².